The van der Waals surface area contributed by atoms with E-state index in [1.807, 2.05) is 7.05 Å². The standard InChI is InChI=1S/C8H8ClN3OS/c1-10-4-7-11-12-8(14-7)5-2-3-6(9)13-5/h2-3,10H,4H2,1H3. The number of nitrogens with zero attached hydrogens (tertiary/aromatic N) is 2. The molecular formula is C8H8ClN3OS. The molecule has 0 aliphatic rings. The molecule has 6 heteroatoms. The van der Waals surface area contributed by atoms with Crippen LogP contribution in [0, 0.1) is 0 Å². The van der Waals surface area contributed by atoms with Gasteiger partial charge in [-0.3, -0.25) is 0 Å². The lowest BCUT2D eigenvalue weighted by Crippen LogP contribution is -2.04. The van der Waals surface area contributed by atoms with Gasteiger partial charge >= 0.3 is 0 Å². The Morgan fingerprint density at radius 3 is 3.00 bits per heavy atom. The summed E-state index contributed by atoms with van der Waals surface area (Å²) in [4.78, 5) is 0. The summed E-state index contributed by atoms with van der Waals surface area (Å²) < 4.78 is 5.21. The quantitative estimate of drug-likeness (QED) is 0.877. The van der Waals surface area contributed by atoms with Crippen LogP contribution in [0.5, 0.6) is 0 Å². The smallest absolute Gasteiger partial charge is 0.194 e. The van der Waals surface area contributed by atoms with Crippen LogP contribution in [-0.2, 0) is 6.54 Å². The van der Waals surface area contributed by atoms with Crippen LogP contribution in [-0.4, -0.2) is 17.2 Å². The molecular weight excluding hydrogens is 222 g/mol. The first-order valence-corrected chi connectivity index (χ1v) is 5.21. The summed E-state index contributed by atoms with van der Waals surface area (Å²) in [6.07, 6.45) is 0. The van der Waals surface area contributed by atoms with E-state index in [0.717, 1.165) is 10.0 Å². The molecule has 0 aromatic carbocycles. The fourth-order valence-corrected chi connectivity index (χ4v) is 1.96. The molecule has 0 aliphatic heterocycles. The normalized spacial score (nSPS) is 10.7. The molecule has 14 heavy (non-hydrogen) atoms. The third kappa shape index (κ3) is 1.95. The molecule has 74 valence electrons. The first kappa shape index (κ1) is 9.64. The minimum absolute atomic E-state index is 0.366. The lowest BCUT2D eigenvalue weighted by atomic mass is 10.5. The van der Waals surface area contributed by atoms with Crippen LogP contribution in [0.4, 0.5) is 0 Å². The lowest BCUT2D eigenvalue weighted by Gasteiger charge is -1.88. The van der Waals surface area contributed by atoms with Gasteiger partial charge in [0.15, 0.2) is 16.0 Å². The average molecular weight is 230 g/mol. The van der Waals surface area contributed by atoms with Crippen molar-refractivity contribution in [1.82, 2.24) is 15.5 Å². The molecule has 2 rings (SSSR count). The second-order valence-electron chi connectivity index (χ2n) is 2.64. The van der Waals surface area contributed by atoms with E-state index in [4.69, 9.17) is 16.0 Å². The van der Waals surface area contributed by atoms with Gasteiger partial charge < -0.3 is 9.73 Å². The SMILES string of the molecule is CNCc1nnc(-c2ccc(Cl)o2)s1. The van der Waals surface area contributed by atoms with E-state index in [1.165, 1.54) is 11.3 Å². The largest absolute Gasteiger partial charge is 0.442 e. The van der Waals surface area contributed by atoms with Crippen molar-refractivity contribution in [2.24, 2.45) is 0 Å². The van der Waals surface area contributed by atoms with E-state index >= 15 is 0 Å². The lowest BCUT2D eigenvalue weighted by molar-refractivity contribution is 0.583. The van der Waals surface area contributed by atoms with Gasteiger partial charge in [-0.1, -0.05) is 11.3 Å². The second kappa shape index (κ2) is 4.08. The van der Waals surface area contributed by atoms with Crippen LogP contribution in [0.25, 0.3) is 10.8 Å². The molecule has 1 N–H and O–H groups in total. The minimum atomic E-state index is 0.366. The molecule has 0 saturated heterocycles. The van der Waals surface area contributed by atoms with Crippen molar-refractivity contribution in [2.75, 3.05) is 7.05 Å². The number of rotatable bonds is 3. The molecule has 0 radical (unpaired) electrons. The summed E-state index contributed by atoms with van der Waals surface area (Å²) in [5, 5.41) is 13.0. The van der Waals surface area contributed by atoms with E-state index < -0.39 is 0 Å². The van der Waals surface area contributed by atoms with Crippen molar-refractivity contribution >= 4 is 22.9 Å². The third-order valence-electron chi connectivity index (χ3n) is 1.58. The van der Waals surface area contributed by atoms with Crippen molar-refractivity contribution in [3.8, 4) is 10.8 Å². The zero-order valence-electron chi connectivity index (χ0n) is 7.45. The van der Waals surface area contributed by atoms with Crippen LogP contribution < -0.4 is 5.32 Å². The van der Waals surface area contributed by atoms with E-state index in [-0.39, 0.29) is 0 Å². The Bertz CT molecular complexity index is 426. The van der Waals surface area contributed by atoms with Crippen LogP contribution in [0.1, 0.15) is 5.01 Å². The van der Waals surface area contributed by atoms with Crippen LogP contribution in [0.15, 0.2) is 16.5 Å². The summed E-state index contributed by atoms with van der Waals surface area (Å²) in [6, 6.07) is 3.47. The number of furan rings is 1. The van der Waals surface area contributed by atoms with Gasteiger partial charge in [-0.15, -0.1) is 10.2 Å². The Labute approximate surface area is 89.9 Å². The van der Waals surface area contributed by atoms with E-state index in [2.05, 4.69) is 15.5 Å². The van der Waals surface area contributed by atoms with Gasteiger partial charge in [0.25, 0.3) is 0 Å². The zero-order chi connectivity index (χ0) is 9.97. The van der Waals surface area contributed by atoms with Crippen LogP contribution in [0.2, 0.25) is 5.22 Å². The van der Waals surface area contributed by atoms with Gasteiger partial charge in [0.2, 0.25) is 0 Å². The molecule has 4 nitrogen and oxygen atoms in total. The summed E-state index contributed by atoms with van der Waals surface area (Å²) in [7, 11) is 1.87. The van der Waals surface area contributed by atoms with Gasteiger partial charge in [0.1, 0.15) is 5.01 Å². The van der Waals surface area contributed by atoms with Gasteiger partial charge in [0, 0.05) is 6.54 Å². The maximum atomic E-state index is 5.66. The predicted octanol–water partition coefficient (Wildman–Crippen LogP) is 2.17. The number of nitrogens with one attached hydrogen (secondary N) is 1. The number of halogens is 1. The minimum Gasteiger partial charge on any atom is -0.442 e. The molecule has 0 atom stereocenters. The first-order chi connectivity index (χ1) is 6.79. The topological polar surface area (TPSA) is 51.0 Å². The molecule has 0 spiro atoms. The zero-order valence-corrected chi connectivity index (χ0v) is 9.02. The van der Waals surface area contributed by atoms with Crippen LogP contribution in [0.3, 0.4) is 0 Å². The fraction of sp³-hybridized carbons (Fsp3) is 0.250. The van der Waals surface area contributed by atoms with E-state index in [9.17, 15) is 0 Å². The van der Waals surface area contributed by atoms with Gasteiger partial charge in [0.05, 0.1) is 0 Å². The third-order valence-corrected chi connectivity index (χ3v) is 2.72. The number of hydrogen-bond donors (Lipinski definition) is 1. The Morgan fingerprint density at radius 2 is 2.36 bits per heavy atom. The van der Waals surface area contributed by atoms with Gasteiger partial charge in [-0.05, 0) is 30.8 Å². The van der Waals surface area contributed by atoms with Crippen molar-refractivity contribution < 1.29 is 4.42 Å². The molecule has 0 amide bonds. The molecule has 0 saturated carbocycles. The average Bonchev–Trinajstić information content (AvgIpc) is 2.74. The van der Waals surface area contributed by atoms with Gasteiger partial charge in [-0.25, -0.2) is 0 Å². The molecule has 0 unspecified atom stereocenters. The van der Waals surface area contributed by atoms with Crippen molar-refractivity contribution in [3.63, 3.8) is 0 Å². The van der Waals surface area contributed by atoms with Crippen molar-refractivity contribution in [2.45, 2.75) is 6.54 Å². The second-order valence-corrected chi connectivity index (χ2v) is 4.07. The monoisotopic (exact) mass is 229 g/mol. The van der Waals surface area contributed by atoms with Crippen molar-refractivity contribution in [1.29, 1.82) is 0 Å². The molecule has 0 aliphatic carbocycles. The highest BCUT2D eigenvalue weighted by atomic mass is 35.5. The maximum absolute atomic E-state index is 5.66. The number of hydrogen-bond acceptors (Lipinski definition) is 5. The van der Waals surface area contributed by atoms with Crippen molar-refractivity contribution in [3.05, 3.63) is 22.4 Å². The Balaban J connectivity index is 2.24. The molecule has 2 aromatic heterocycles. The summed E-state index contributed by atoms with van der Waals surface area (Å²) in [6.45, 7) is 0.714. The summed E-state index contributed by atoms with van der Waals surface area (Å²) >= 11 is 7.14. The molecule has 2 aromatic rings. The highest BCUT2D eigenvalue weighted by Gasteiger charge is 2.09. The Kier molecular flexibility index (Phi) is 2.81. The highest BCUT2D eigenvalue weighted by molar-refractivity contribution is 7.14. The first-order valence-electron chi connectivity index (χ1n) is 4.02. The predicted molar refractivity (Wildman–Crippen MR) is 55.4 cm³/mol. The number of aromatic nitrogens is 2. The molecule has 0 fully saturated rings. The summed E-state index contributed by atoms with van der Waals surface area (Å²) in [5.41, 5.74) is 0. The maximum Gasteiger partial charge on any atom is 0.194 e. The Hall–Kier alpha value is -0.910. The highest BCUT2D eigenvalue weighted by Crippen LogP contribution is 2.27. The van der Waals surface area contributed by atoms with Gasteiger partial charge in [-0.2, -0.15) is 0 Å². The van der Waals surface area contributed by atoms with E-state index in [0.29, 0.717) is 17.5 Å². The summed E-state index contributed by atoms with van der Waals surface area (Å²) in [5.74, 6) is 0.662. The molecule has 2 heterocycles. The molecule has 0 bridgehead atoms. The van der Waals surface area contributed by atoms with Crippen LogP contribution >= 0.6 is 22.9 Å². The Morgan fingerprint density at radius 1 is 1.50 bits per heavy atom. The van der Waals surface area contributed by atoms with E-state index in [1.54, 1.807) is 12.1 Å². The fourth-order valence-electron chi connectivity index (χ4n) is 1.01.